The van der Waals surface area contributed by atoms with Crippen LogP contribution in [0.25, 0.3) is 0 Å². The molecule has 0 spiro atoms. The molecule has 2 rings (SSSR count). The molecule has 0 aliphatic rings. The third-order valence-corrected chi connectivity index (χ3v) is 4.54. The van der Waals surface area contributed by atoms with E-state index in [0.717, 1.165) is 25.5 Å². The Labute approximate surface area is 119 Å². The van der Waals surface area contributed by atoms with Gasteiger partial charge in [-0.3, -0.25) is 4.79 Å². The fraction of sp³-hybridized carbons (Fsp3) is 0.214. The highest BCUT2D eigenvalue weighted by molar-refractivity contribution is 9.10. The summed E-state index contributed by atoms with van der Waals surface area (Å²) in [7, 11) is 1.63. The molecule has 0 fully saturated rings. The Kier molecular flexibility index (Phi) is 4.19. The van der Waals surface area contributed by atoms with Crippen LogP contribution in [-0.4, -0.2) is 12.9 Å². The number of thiophene rings is 1. The Morgan fingerprint density at radius 1 is 1.39 bits per heavy atom. The number of hydrogen-bond donors (Lipinski definition) is 0. The van der Waals surface area contributed by atoms with Gasteiger partial charge < -0.3 is 4.74 Å². The quantitative estimate of drug-likeness (QED) is 0.786. The van der Waals surface area contributed by atoms with E-state index < -0.39 is 0 Å². The van der Waals surface area contributed by atoms with Gasteiger partial charge in [0.15, 0.2) is 5.78 Å². The molecule has 2 nitrogen and oxygen atoms in total. The Balaban J connectivity index is 2.18. The van der Waals surface area contributed by atoms with E-state index >= 15 is 0 Å². The van der Waals surface area contributed by atoms with Crippen molar-refractivity contribution in [2.45, 2.75) is 13.3 Å². The molecule has 94 valence electrons. The predicted molar refractivity (Wildman–Crippen MR) is 77.8 cm³/mol. The van der Waals surface area contributed by atoms with Crippen molar-refractivity contribution in [1.82, 2.24) is 0 Å². The summed E-state index contributed by atoms with van der Waals surface area (Å²) >= 11 is 4.95. The Morgan fingerprint density at radius 3 is 2.78 bits per heavy atom. The van der Waals surface area contributed by atoms with Crippen molar-refractivity contribution in [2.24, 2.45) is 0 Å². The lowest BCUT2D eigenvalue weighted by molar-refractivity contribution is 0.0996. The fourth-order valence-corrected chi connectivity index (χ4v) is 3.52. The minimum Gasteiger partial charge on any atom is -0.497 e. The number of ketones is 1. The maximum absolute atomic E-state index is 12.2. The van der Waals surface area contributed by atoms with Crippen LogP contribution in [0.3, 0.4) is 0 Å². The molecule has 0 saturated carbocycles. The van der Waals surface area contributed by atoms with Gasteiger partial charge in [-0.05, 0) is 46.6 Å². The van der Waals surface area contributed by atoms with Crippen LogP contribution in [0.15, 0.2) is 34.8 Å². The molecule has 1 heterocycles. The van der Waals surface area contributed by atoms with E-state index in [1.165, 1.54) is 11.3 Å². The second kappa shape index (κ2) is 5.67. The van der Waals surface area contributed by atoms with E-state index in [1.54, 1.807) is 7.11 Å². The fourth-order valence-electron chi connectivity index (χ4n) is 1.72. The summed E-state index contributed by atoms with van der Waals surface area (Å²) in [6.45, 7) is 2.00. The first-order chi connectivity index (χ1) is 8.60. The zero-order valence-electron chi connectivity index (χ0n) is 10.2. The van der Waals surface area contributed by atoms with E-state index in [2.05, 4.69) is 15.9 Å². The van der Waals surface area contributed by atoms with Crippen LogP contribution in [0.1, 0.15) is 20.1 Å². The minimum absolute atomic E-state index is 0.133. The summed E-state index contributed by atoms with van der Waals surface area (Å²) in [4.78, 5) is 14.1. The average molecular weight is 325 g/mol. The van der Waals surface area contributed by atoms with Gasteiger partial charge in [0.1, 0.15) is 5.75 Å². The third kappa shape index (κ3) is 3.00. The number of benzene rings is 1. The van der Waals surface area contributed by atoms with Crippen molar-refractivity contribution in [2.75, 3.05) is 7.11 Å². The van der Waals surface area contributed by atoms with Crippen molar-refractivity contribution < 1.29 is 9.53 Å². The SMILES string of the molecule is COc1cccc(CC(=O)c2sc(C)cc2Br)c1. The molecule has 0 atom stereocenters. The maximum Gasteiger partial charge on any atom is 0.178 e. The zero-order chi connectivity index (χ0) is 13.1. The summed E-state index contributed by atoms with van der Waals surface area (Å²) in [6, 6.07) is 9.58. The highest BCUT2D eigenvalue weighted by atomic mass is 79.9. The second-order valence-corrected chi connectivity index (χ2v) is 6.10. The van der Waals surface area contributed by atoms with Crippen LogP contribution < -0.4 is 4.74 Å². The largest absolute Gasteiger partial charge is 0.497 e. The van der Waals surface area contributed by atoms with Gasteiger partial charge in [0.05, 0.1) is 12.0 Å². The summed E-state index contributed by atoms with van der Waals surface area (Å²) in [5.74, 6) is 0.912. The molecule has 1 aromatic heterocycles. The second-order valence-electron chi connectivity index (χ2n) is 3.99. The molecule has 0 radical (unpaired) electrons. The van der Waals surface area contributed by atoms with Crippen LogP contribution in [0.4, 0.5) is 0 Å². The molecule has 0 amide bonds. The first kappa shape index (κ1) is 13.3. The number of aryl methyl sites for hydroxylation is 1. The first-order valence-corrected chi connectivity index (χ1v) is 7.13. The van der Waals surface area contributed by atoms with Gasteiger partial charge in [-0.2, -0.15) is 0 Å². The first-order valence-electron chi connectivity index (χ1n) is 5.52. The Hall–Kier alpha value is -1.13. The number of carbonyl (C=O) groups excluding carboxylic acids is 1. The number of rotatable bonds is 4. The van der Waals surface area contributed by atoms with E-state index in [1.807, 2.05) is 37.3 Å². The van der Waals surface area contributed by atoms with Crippen molar-refractivity contribution >= 4 is 33.0 Å². The lowest BCUT2D eigenvalue weighted by Gasteiger charge is -2.03. The van der Waals surface area contributed by atoms with Gasteiger partial charge in [0.2, 0.25) is 0 Å². The topological polar surface area (TPSA) is 26.3 Å². The summed E-state index contributed by atoms with van der Waals surface area (Å²) in [5, 5.41) is 0. The zero-order valence-corrected chi connectivity index (χ0v) is 12.6. The highest BCUT2D eigenvalue weighted by Gasteiger charge is 2.14. The van der Waals surface area contributed by atoms with Crippen LogP contribution in [0.5, 0.6) is 5.75 Å². The van der Waals surface area contributed by atoms with Crippen LogP contribution >= 0.6 is 27.3 Å². The minimum atomic E-state index is 0.133. The van der Waals surface area contributed by atoms with Gasteiger partial charge in [-0.15, -0.1) is 11.3 Å². The van der Waals surface area contributed by atoms with E-state index in [4.69, 9.17) is 4.74 Å². The standard InChI is InChI=1S/C14H13BrO2S/c1-9-6-12(15)14(18-9)13(16)8-10-4-3-5-11(7-10)17-2/h3-7H,8H2,1-2H3. The molecular weight excluding hydrogens is 312 g/mol. The molecule has 0 unspecified atom stereocenters. The highest BCUT2D eigenvalue weighted by Crippen LogP contribution is 2.28. The van der Waals surface area contributed by atoms with Crippen molar-refractivity contribution in [3.8, 4) is 5.75 Å². The average Bonchev–Trinajstić information content (AvgIpc) is 2.69. The lowest BCUT2D eigenvalue weighted by atomic mass is 10.1. The van der Waals surface area contributed by atoms with Crippen molar-refractivity contribution in [3.63, 3.8) is 0 Å². The molecule has 0 bridgehead atoms. The van der Waals surface area contributed by atoms with Crippen LogP contribution in [0.2, 0.25) is 0 Å². The van der Waals surface area contributed by atoms with E-state index in [9.17, 15) is 4.79 Å². The Bertz CT molecular complexity index is 575. The summed E-state index contributed by atoms with van der Waals surface area (Å²) < 4.78 is 6.04. The summed E-state index contributed by atoms with van der Waals surface area (Å²) in [5.41, 5.74) is 0.970. The van der Waals surface area contributed by atoms with Gasteiger partial charge >= 0.3 is 0 Å². The number of hydrogen-bond acceptors (Lipinski definition) is 3. The Morgan fingerprint density at radius 2 is 2.17 bits per heavy atom. The molecule has 0 N–H and O–H groups in total. The predicted octanol–water partition coefficient (Wildman–Crippen LogP) is 4.25. The molecule has 18 heavy (non-hydrogen) atoms. The number of carbonyl (C=O) groups is 1. The number of Topliss-reactive ketones (excluding diaryl/α,β-unsaturated/α-hetero) is 1. The number of halogens is 1. The molecule has 0 aliphatic carbocycles. The molecule has 4 heteroatoms. The normalized spacial score (nSPS) is 10.4. The van der Waals surface area contributed by atoms with Crippen molar-refractivity contribution in [3.05, 3.63) is 50.1 Å². The monoisotopic (exact) mass is 324 g/mol. The van der Waals surface area contributed by atoms with Gasteiger partial charge in [0, 0.05) is 15.8 Å². The lowest BCUT2D eigenvalue weighted by Crippen LogP contribution is -2.02. The summed E-state index contributed by atoms with van der Waals surface area (Å²) in [6.07, 6.45) is 0.399. The van der Waals surface area contributed by atoms with Gasteiger partial charge in [0.25, 0.3) is 0 Å². The number of methoxy groups -OCH3 is 1. The van der Waals surface area contributed by atoms with Crippen molar-refractivity contribution in [1.29, 1.82) is 0 Å². The molecule has 0 saturated heterocycles. The third-order valence-electron chi connectivity index (χ3n) is 2.56. The maximum atomic E-state index is 12.2. The van der Waals surface area contributed by atoms with Gasteiger partial charge in [-0.25, -0.2) is 0 Å². The molecule has 0 aliphatic heterocycles. The van der Waals surface area contributed by atoms with E-state index in [0.29, 0.717) is 6.42 Å². The number of ether oxygens (including phenoxy) is 1. The van der Waals surface area contributed by atoms with Crippen LogP contribution in [0, 0.1) is 6.92 Å². The van der Waals surface area contributed by atoms with Gasteiger partial charge in [-0.1, -0.05) is 12.1 Å². The molecule has 2 aromatic rings. The molecule has 1 aromatic carbocycles. The smallest absolute Gasteiger partial charge is 0.178 e. The van der Waals surface area contributed by atoms with Crippen LogP contribution in [-0.2, 0) is 6.42 Å². The van der Waals surface area contributed by atoms with E-state index in [-0.39, 0.29) is 5.78 Å². The molecular formula is C14H13BrO2S.